The molecule has 0 saturated carbocycles. The maximum absolute atomic E-state index is 12.3. The van der Waals surface area contributed by atoms with Crippen LogP contribution in [0.15, 0.2) is 22.7 Å². The van der Waals surface area contributed by atoms with Gasteiger partial charge in [0.1, 0.15) is 0 Å². The Labute approximate surface area is 82.9 Å². The molecule has 0 aliphatic heterocycles. The van der Waals surface area contributed by atoms with Gasteiger partial charge in [0.05, 0.1) is 5.56 Å². The summed E-state index contributed by atoms with van der Waals surface area (Å²) in [5.41, 5.74) is 0.268. The Morgan fingerprint density at radius 3 is 2.31 bits per heavy atom. The third-order valence-electron chi connectivity index (χ3n) is 1.75. The van der Waals surface area contributed by atoms with E-state index in [1.54, 1.807) is 0 Å². The van der Waals surface area contributed by atoms with Crippen LogP contribution in [-0.2, 0) is 12.6 Å². The maximum Gasteiger partial charge on any atom is 0.417 e. The molecule has 0 aliphatic carbocycles. The highest BCUT2D eigenvalue weighted by Gasteiger charge is 2.32. The van der Waals surface area contributed by atoms with Gasteiger partial charge in [-0.3, -0.25) is 0 Å². The third-order valence-corrected chi connectivity index (χ3v) is 2.40. The number of halogens is 4. The average Bonchev–Trinajstić information content (AvgIpc) is 2.01. The van der Waals surface area contributed by atoms with E-state index in [9.17, 15) is 13.2 Å². The smallest absolute Gasteiger partial charge is 0.166 e. The van der Waals surface area contributed by atoms with Crippen LogP contribution in [0.5, 0.6) is 0 Å². The van der Waals surface area contributed by atoms with Crippen LogP contribution in [0.25, 0.3) is 0 Å². The molecular weight excluding hydrogens is 245 g/mol. The zero-order chi connectivity index (χ0) is 10.1. The van der Waals surface area contributed by atoms with Crippen molar-refractivity contribution in [3.05, 3.63) is 33.8 Å². The van der Waals surface area contributed by atoms with Crippen molar-refractivity contribution >= 4 is 15.9 Å². The van der Waals surface area contributed by atoms with Crippen molar-refractivity contribution in [1.29, 1.82) is 0 Å². The highest BCUT2D eigenvalue weighted by atomic mass is 79.9. The third kappa shape index (κ3) is 2.46. The number of rotatable bonds is 1. The summed E-state index contributed by atoms with van der Waals surface area (Å²) >= 11 is 2.90. The van der Waals surface area contributed by atoms with E-state index in [1.165, 1.54) is 12.1 Å². The Hall–Kier alpha value is -0.510. The standard InChI is InChI=1S/C9H8BrF3/c1-2-6-3-4-7(8(10)5-6)9(11,12)13/h3-5H,2H2,1H3. The van der Waals surface area contributed by atoms with E-state index >= 15 is 0 Å². The highest BCUT2D eigenvalue weighted by molar-refractivity contribution is 9.10. The molecule has 0 unspecified atom stereocenters. The zero-order valence-corrected chi connectivity index (χ0v) is 8.54. The van der Waals surface area contributed by atoms with E-state index in [2.05, 4.69) is 15.9 Å². The van der Waals surface area contributed by atoms with Gasteiger partial charge >= 0.3 is 6.18 Å². The van der Waals surface area contributed by atoms with Gasteiger partial charge in [0.25, 0.3) is 0 Å². The molecule has 0 bridgehead atoms. The average molecular weight is 253 g/mol. The normalized spacial score (nSPS) is 11.8. The van der Waals surface area contributed by atoms with Gasteiger partial charge in [-0.25, -0.2) is 0 Å². The van der Waals surface area contributed by atoms with Crippen LogP contribution in [0, 0.1) is 0 Å². The molecule has 0 radical (unpaired) electrons. The summed E-state index contributed by atoms with van der Waals surface area (Å²) in [6.07, 6.45) is -3.54. The zero-order valence-electron chi connectivity index (χ0n) is 6.95. The minimum atomic E-state index is -4.27. The molecular formula is C9H8BrF3. The quantitative estimate of drug-likeness (QED) is 0.708. The van der Waals surface area contributed by atoms with Gasteiger partial charge in [-0.2, -0.15) is 13.2 Å². The second kappa shape index (κ2) is 3.70. The SMILES string of the molecule is CCc1ccc(C(F)(F)F)c(Br)c1. The molecule has 0 saturated heterocycles. The molecule has 72 valence electrons. The van der Waals surface area contributed by atoms with Gasteiger partial charge in [-0.05, 0) is 24.1 Å². The first-order valence-electron chi connectivity index (χ1n) is 3.80. The van der Waals surface area contributed by atoms with Crippen molar-refractivity contribution in [2.24, 2.45) is 0 Å². The van der Waals surface area contributed by atoms with E-state index in [0.717, 1.165) is 18.1 Å². The molecule has 4 heteroatoms. The first kappa shape index (κ1) is 10.6. The molecule has 1 rings (SSSR count). The van der Waals surface area contributed by atoms with Crippen molar-refractivity contribution < 1.29 is 13.2 Å². The monoisotopic (exact) mass is 252 g/mol. The summed E-state index contributed by atoms with van der Waals surface area (Å²) < 4.78 is 36.9. The summed E-state index contributed by atoms with van der Waals surface area (Å²) in [6.45, 7) is 1.90. The lowest BCUT2D eigenvalue weighted by molar-refractivity contribution is -0.138. The lowest BCUT2D eigenvalue weighted by atomic mass is 10.1. The molecule has 0 atom stereocenters. The predicted molar refractivity (Wildman–Crippen MR) is 48.5 cm³/mol. The summed E-state index contributed by atoms with van der Waals surface area (Å²) in [4.78, 5) is 0. The largest absolute Gasteiger partial charge is 0.417 e. The fraction of sp³-hybridized carbons (Fsp3) is 0.333. The summed E-state index contributed by atoms with van der Waals surface area (Å²) in [5.74, 6) is 0. The van der Waals surface area contributed by atoms with E-state index < -0.39 is 11.7 Å². The summed E-state index contributed by atoms with van der Waals surface area (Å²) in [6, 6.07) is 4.10. The predicted octanol–water partition coefficient (Wildman–Crippen LogP) is 4.03. The van der Waals surface area contributed by atoms with E-state index in [4.69, 9.17) is 0 Å². The maximum atomic E-state index is 12.3. The molecule has 1 aromatic carbocycles. The Morgan fingerprint density at radius 2 is 1.92 bits per heavy atom. The minimum absolute atomic E-state index is 0.111. The Morgan fingerprint density at radius 1 is 1.31 bits per heavy atom. The number of aryl methyl sites for hydroxylation is 1. The molecule has 0 fully saturated rings. The number of benzene rings is 1. The van der Waals surface area contributed by atoms with Crippen LogP contribution in [-0.4, -0.2) is 0 Å². The van der Waals surface area contributed by atoms with Crippen LogP contribution in [0.4, 0.5) is 13.2 Å². The fourth-order valence-electron chi connectivity index (χ4n) is 1.01. The van der Waals surface area contributed by atoms with Gasteiger partial charge in [0, 0.05) is 4.47 Å². The van der Waals surface area contributed by atoms with Crippen molar-refractivity contribution in [3.8, 4) is 0 Å². The van der Waals surface area contributed by atoms with Gasteiger partial charge in [0.2, 0.25) is 0 Å². The summed E-state index contributed by atoms with van der Waals surface area (Å²) in [7, 11) is 0. The van der Waals surface area contributed by atoms with Crippen molar-refractivity contribution in [2.75, 3.05) is 0 Å². The Kier molecular flexibility index (Phi) is 3.01. The van der Waals surface area contributed by atoms with Crippen molar-refractivity contribution in [3.63, 3.8) is 0 Å². The number of hydrogen-bond donors (Lipinski definition) is 0. The molecule has 0 aromatic heterocycles. The van der Waals surface area contributed by atoms with Gasteiger partial charge < -0.3 is 0 Å². The van der Waals surface area contributed by atoms with E-state index in [-0.39, 0.29) is 4.47 Å². The lowest BCUT2D eigenvalue weighted by Gasteiger charge is -2.09. The molecule has 1 aromatic rings. The van der Waals surface area contributed by atoms with Crippen LogP contribution in [0.1, 0.15) is 18.1 Å². The van der Waals surface area contributed by atoms with Crippen molar-refractivity contribution in [2.45, 2.75) is 19.5 Å². The molecule has 13 heavy (non-hydrogen) atoms. The molecule has 0 amide bonds. The molecule has 0 spiro atoms. The topological polar surface area (TPSA) is 0 Å². The van der Waals surface area contributed by atoms with E-state index in [1.807, 2.05) is 6.92 Å². The van der Waals surface area contributed by atoms with Crippen LogP contribution in [0.2, 0.25) is 0 Å². The van der Waals surface area contributed by atoms with Gasteiger partial charge in [-0.1, -0.05) is 28.9 Å². The molecule has 0 N–H and O–H groups in total. The van der Waals surface area contributed by atoms with Gasteiger partial charge in [0.15, 0.2) is 0 Å². The number of hydrogen-bond acceptors (Lipinski definition) is 0. The minimum Gasteiger partial charge on any atom is -0.166 e. The first-order chi connectivity index (χ1) is 5.95. The molecule has 0 aliphatic rings. The summed E-state index contributed by atoms with van der Waals surface area (Å²) in [5, 5.41) is 0. The second-order valence-corrected chi connectivity index (χ2v) is 3.52. The Balaban J connectivity index is 3.13. The van der Waals surface area contributed by atoms with E-state index in [0.29, 0.717) is 0 Å². The number of alkyl halides is 3. The fourth-order valence-corrected chi connectivity index (χ4v) is 1.66. The molecule has 0 heterocycles. The van der Waals surface area contributed by atoms with Crippen LogP contribution in [0.3, 0.4) is 0 Å². The first-order valence-corrected chi connectivity index (χ1v) is 4.60. The Bertz CT molecular complexity index is 304. The molecule has 0 nitrogen and oxygen atoms in total. The van der Waals surface area contributed by atoms with Gasteiger partial charge in [-0.15, -0.1) is 0 Å². The van der Waals surface area contributed by atoms with Crippen molar-refractivity contribution in [1.82, 2.24) is 0 Å². The van der Waals surface area contributed by atoms with Crippen LogP contribution < -0.4 is 0 Å². The highest BCUT2D eigenvalue weighted by Crippen LogP contribution is 2.35. The van der Waals surface area contributed by atoms with Crippen LogP contribution >= 0.6 is 15.9 Å². The second-order valence-electron chi connectivity index (χ2n) is 2.67. The lowest BCUT2D eigenvalue weighted by Crippen LogP contribution is -2.06.